The number of carbonyl (C=O) groups excluding carboxylic acids is 1. The summed E-state index contributed by atoms with van der Waals surface area (Å²) in [4.78, 5) is 12.5. The number of hydrogen-bond donors (Lipinski definition) is 1. The Morgan fingerprint density at radius 2 is 2.00 bits per heavy atom. The minimum atomic E-state index is -0.337. The summed E-state index contributed by atoms with van der Waals surface area (Å²) < 4.78 is 12.2. The lowest BCUT2D eigenvalue weighted by atomic mass is 10.2. The molecule has 0 spiro atoms. The van der Waals surface area contributed by atoms with E-state index < -0.39 is 0 Å². The molecule has 0 radical (unpaired) electrons. The molecule has 0 saturated carbocycles. The number of halogens is 1. The van der Waals surface area contributed by atoms with Gasteiger partial charge in [-0.3, -0.25) is 4.79 Å². The zero-order chi connectivity index (χ0) is 19.2. The molecule has 3 rings (SSSR count). The Balaban J connectivity index is 1.74. The van der Waals surface area contributed by atoms with Crippen LogP contribution in [0.4, 0.5) is 0 Å². The molecular formula is C18H18ClN5O3. The van der Waals surface area contributed by atoms with E-state index in [1.165, 1.54) is 7.11 Å². The molecule has 1 aromatic heterocycles. The summed E-state index contributed by atoms with van der Waals surface area (Å²) in [5.74, 6) is 1.34. The van der Waals surface area contributed by atoms with Gasteiger partial charge in [0.15, 0.2) is 5.82 Å². The van der Waals surface area contributed by atoms with Gasteiger partial charge in [0.2, 0.25) is 0 Å². The summed E-state index contributed by atoms with van der Waals surface area (Å²) in [6.45, 7) is 2.65. The Kier molecular flexibility index (Phi) is 5.87. The molecule has 1 amide bonds. The number of ether oxygens (including phenoxy) is 2. The molecule has 0 aliphatic carbocycles. The fourth-order valence-electron chi connectivity index (χ4n) is 2.48. The van der Waals surface area contributed by atoms with Gasteiger partial charge in [-0.2, -0.15) is 4.68 Å². The second-order valence-electron chi connectivity index (χ2n) is 5.46. The molecule has 8 nitrogen and oxygen atoms in total. The standard InChI is InChI=1S/C18H18ClN5O3/c1-3-27-14-7-5-13(6-8-14)24-17(21-22-23-24)11-20-18(25)15-10-12(19)4-9-16(15)26-2/h4-10H,3,11H2,1-2H3,(H,20,25). The molecule has 0 bridgehead atoms. The second kappa shape index (κ2) is 8.50. The van der Waals surface area contributed by atoms with Gasteiger partial charge in [-0.1, -0.05) is 11.6 Å². The third-order valence-corrected chi connectivity index (χ3v) is 3.97. The zero-order valence-corrected chi connectivity index (χ0v) is 15.6. The number of nitrogens with zero attached hydrogens (tertiary/aromatic N) is 4. The Morgan fingerprint density at radius 1 is 1.22 bits per heavy atom. The highest BCUT2D eigenvalue weighted by atomic mass is 35.5. The van der Waals surface area contributed by atoms with Crippen molar-refractivity contribution in [2.45, 2.75) is 13.5 Å². The number of carbonyl (C=O) groups is 1. The van der Waals surface area contributed by atoms with Crippen molar-refractivity contribution in [1.82, 2.24) is 25.5 Å². The highest BCUT2D eigenvalue weighted by molar-refractivity contribution is 6.31. The van der Waals surface area contributed by atoms with Gasteiger partial charge in [0.05, 0.1) is 31.5 Å². The molecule has 140 valence electrons. The number of tetrazole rings is 1. The third-order valence-electron chi connectivity index (χ3n) is 3.74. The monoisotopic (exact) mass is 387 g/mol. The van der Waals surface area contributed by atoms with Crippen molar-refractivity contribution in [3.8, 4) is 17.2 Å². The predicted octanol–water partition coefficient (Wildman–Crippen LogP) is 2.65. The van der Waals surface area contributed by atoms with Crippen molar-refractivity contribution < 1.29 is 14.3 Å². The molecule has 1 N–H and O–H groups in total. The molecule has 0 atom stereocenters. The van der Waals surface area contributed by atoms with E-state index in [2.05, 4.69) is 20.8 Å². The first-order valence-corrected chi connectivity index (χ1v) is 8.62. The van der Waals surface area contributed by atoms with E-state index >= 15 is 0 Å². The lowest BCUT2D eigenvalue weighted by molar-refractivity contribution is 0.0946. The second-order valence-corrected chi connectivity index (χ2v) is 5.90. The minimum absolute atomic E-state index is 0.134. The van der Waals surface area contributed by atoms with Crippen molar-refractivity contribution >= 4 is 17.5 Å². The summed E-state index contributed by atoms with van der Waals surface area (Å²) in [6.07, 6.45) is 0. The van der Waals surface area contributed by atoms with Gasteiger partial charge < -0.3 is 14.8 Å². The van der Waals surface area contributed by atoms with Gasteiger partial charge >= 0.3 is 0 Å². The highest BCUT2D eigenvalue weighted by Gasteiger charge is 2.15. The number of rotatable bonds is 7. The van der Waals surface area contributed by atoms with Crippen LogP contribution >= 0.6 is 11.6 Å². The molecule has 1 heterocycles. The Hall–Kier alpha value is -3.13. The molecule has 27 heavy (non-hydrogen) atoms. The SMILES string of the molecule is CCOc1ccc(-n2nnnc2CNC(=O)c2cc(Cl)ccc2OC)cc1. The molecule has 0 aliphatic rings. The average molecular weight is 388 g/mol. The van der Waals surface area contributed by atoms with Gasteiger partial charge in [-0.05, 0) is 59.8 Å². The van der Waals surface area contributed by atoms with Gasteiger partial charge in [0.1, 0.15) is 11.5 Å². The van der Waals surface area contributed by atoms with Crippen LogP contribution in [0.1, 0.15) is 23.1 Å². The lowest BCUT2D eigenvalue weighted by Crippen LogP contribution is -2.25. The summed E-state index contributed by atoms with van der Waals surface area (Å²) >= 11 is 5.98. The summed E-state index contributed by atoms with van der Waals surface area (Å²) in [5, 5.41) is 14.9. The van der Waals surface area contributed by atoms with Crippen LogP contribution in [0.15, 0.2) is 42.5 Å². The molecule has 0 unspecified atom stereocenters. The number of amides is 1. The van der Waals surface area contributed by atoms with Crippen molar-refractivity contribution in [3.05, 3.63) is 58.9 Å². The van der Waals surface area contributed by atoms with Crippen LogP contribution in [0.3, 0.4) is 0 Å². The quantitative estimate of drug-likeness (QED) is 0.670. The first kappa shape index (κ1) is 18.7. The maximum atomic E-state index is 12.5. The van der Waals surface area contributed by atoms with Gasteiger partial charge in [0.25, 0.3) is 5.91 Å². The van der Waals surface area contributed by atoms with E-state index in [0.29, 0.717) is 28.8 Å². The fourth-order valence-corrected chi connectivity index (χ4v) is 2.65. The van der Waals surface area contributed by atoms with E-state index in [9.17, 15) is 4.79 Å². The van der Waals surface area contributed by atoms with Gasteiger partial charge in [-0.15, -0.1) is 5.10 Å². The van der Waals surface area contributed by atoms with Gasteiger partial charge in [-0.25, -0.2) is 0 Å². The van der Waals surface area contributed by atoms with E-state index in [1.54, 1.807) is 22.9 Å². The molecular weight excluding hydrogens is 370 g/mol. The van der Waals surface area contributed by atoms with Crippen LogP contribution in [-0.2, 0) is 6.54 Å². The predicted molar refractivity (Wildman–Crippen MR) is 99.5 cm³/mol. The maximum Gasteiger partial charge on any atom is 0.255 e. The topological polar surface area (TPSA) is 91.2 Å². The lowest BCUT2D eigenvalue weighted by Gasteiger charge is -2.10. The van der Waals surface area contributed by atoms with Crippen LogP contribution in [0.5, 0.6) is 11.5 Å². The van der Waals surface area contributed by atoms with Crippen molar-refractivity contribution in [1.29, 1.82) is 0 Å². The summed E-state index contributed by atoms with van der Waals surface area (Å²) in [6, 6.07) is 12.2. The third kappa shape index (κ3) is 4.35. The molecule has 0 fully saturated rings. The highest BCUT2D eigenvalue weighted by Crippen LogP contribution is 2.22. The van der Waals surface area contributed by atoms with Crippen LogP contribution < -0.4 is 14.8 Å². The first-order valence-electron chi connectivity index (χ1n) is 8.24. The van der Waals surface area contributed by atoms with Crippen LogP contribution in [0.25, 0.3) is 5.69 Å². The van der Waals surface area contributed by atoms with E-state index in [1.807, 2.05) is 31.2 Å². The van der Waals surface area contributed by atoms with E-state index in [4.69, 9.17) is 21.1 Å². The summed E-state index contributed by atoms with van der Waals surface area (Å²) in [5.41, 5.74) is 1.10. The molecule has 9 heteroatoms. The van der Waals surface area contributed by atoms with Crippen LogP contribution in [-0.4, -0.2) is 39.8 Å². The average Bonchev–Trinajstić information content (AvgIpc) is 3.15. The van der Waals surface area contributed by atoms with Gasteiger partial charge in [0, 0.05) is 5.02 Å². The molecule has 2 aromatic carbocycles. The largest absolute Gasteiger partial charge is 0.496 e. The van der Waals surface area contributed by atoms with E-state index in [-0.39, 0.29) is 12.5 Å². The van der Waals surface area contributed by atoms with Crippen LogP contribution in [0.2, 0.25) is 5.02 Å². The molecule has 0 saturated heterocycles. The normalized spacial score (nSPS) is 10.5. The summed E-state index contributed by atoms with van der Waals surface area (Å²) in [7, 11) is 1.49. The Morgan fingerprint density at radius 3 is 2.70 bits per heavy atom. The van der Waals surface area contributed by atoms with Crippen molar-refractivity contribution in [2.24, 2.45) is 0 Å². The van der Waals surface area contributed by atoms with Crippen molar-refractivity contribution in [2.75, 3.05) is 13.7 Å². The number of hydrogen-bond acceptors (Lipinski definition) is 6. The van der Waals surface area contributed by atoms with E-state index in [0.717, 1.165) is 11.4 Å². The Labute approximate surface area is 161 Å². The zero-order valence-electron chi connectivity index (χ0n) is 14.8. The van der Waals surface area contributed by atoms with Crippen molar-refractivity contribution in [3.63, 3.8) is 0 Å². The molecule has 0 aliphatic heterocycles. The first-order chi connectivity index (χ1) is 13.1. The van der Waals surface area contributed by atoms with Crippen LogP contribution in [0, 0.1) is 0 Å². The molecule has 3 aromatic rings. The number of nitrogens with one attached hydrogen (secondary N) is 1. The number of methoxy groups -OCH3 is 1. The Bertz CT molecular complexity index is 927. The smallest absolute Gasteiger partial charge is 0.255 e. The number of benzene rings is 2. The minimum Gasteiger partial charge on any atom is -0.496 e. The fraction of sp³-hybridized carbons (Fsp3) is 0.222. The maximum absolute atomic E-state index is 12.5. The number of aromatic nitrogens is 4.